The van der Waals surface area contributed by atoms with Crippen molar-refractivity contribution in [1.82, 2.24) is 10.1 Å². The van der Waals surface area contributed by atoms with Gasteiger partial charge in [-0.05, 0) is 23.4 Å². The Balaban J connectivity index is 2.16. The lowest BCUT2D eigenvalue weighted by atomic mass is 10.2. The van der Waals surface area contributed by atoms with Gasteiger partial charge in [-0.1, -0.05) is 19.0 Å². The zero-order chi connectivity index (χ0) is 13.1. The van der Waals surface area contributed by atoms with E-state index in [0.717, 1.165) is 0 Å². The number of benzene rings is 1. The minimum absolute atomic E-state index is 0.105. The Kier molecular flexibility index (Phi) is 3.86. The summed E-state index contributed by atoms with van der Waals surface area (Å²) in [5, 5.41) is 4.36. The first-order valence-electron chi connectivity index (χ1n) is 5.56. The third kappa shape index (κ3) is 3.01. The minimum atomic E-state index is -0.483. The second-order valence-electron chi connectivity index (χ2n) is 4.11. The number of nitrogens with zero attached hydrogens (tertiary/aromatic N) is 2. The van der Waals surface area contributed by atoms with Crippen LogP contribution in [0, 0.1) is 5.82 Å². The van der Waals surface area contributed by atoms with Crippen LogP contribution in [-0.2, 0) is 5.75 Å². The lowest BCUT2D eigenvalue weighted by Crippen LogP contribution is -1.92. The molecule has 0 aliphatic rings. The zero-order valence-corrected chi connectivity index (χ0v) is 11.0. The molecule has 0 spiro atoms. The molecule has 0 aliphatic heterocycles. The van der Waals surface area contributed by atoms with Gasteiger partial charge in [0.15, 0.2) is 5.82 Å². The molecule has 0 unspecified atom stereocenters. The molecule has 0 saturated carbocycles. The predicted molar refractivity (Wildman–Crippen MR) is 70.5 cm³/mol. The van der Waals surface area contributed by atoms with Crippen LogP contribution in [0.3, 0.4) is 0 Å². The van der Waals surface area contributed by atoms with E-state index in [0.29, 0.717) is 28.3 Å². The van der Waals surface area contributed by atoms with Crippen LogP contribution >= 0.6 is 11.8 Å². The van der Waals surface area contributed by atoms with Gasteiger partial charge in [0.1, 0.15) is 5.82 Å². The summed E-state index contributed by atoms with van der Waals surface area (Å²) >= 11 is 1.72. The highest BCUT2D eigenvalue weighted by Gasteiger charge is 2.11. The second-order valence-corrected chi connectivity index (χ2v) is 5.68. The summed E-state index contributed by atoms with van der Waals surface area (Å²) in [7, 11) is 0. The molecule has 0 bridgehead atoms. The van der Waals surface area contributed by atoms with Crippen LogP contribution in [0.2, 0.25) is 0 Å². The Labute approximate surface area is 109 Å². The van der Waals surface area contributed by atoms with Gasteiger partial charge in [-0.25, -0.2) is 4.39 Å². The van der Waals surface area contributed by atoms with Crippen LogP contribution in [0.1, 0.15) is 19.7 Å². The number of nitrogens with two attached hydrogens (primary N) is 1. The molecule has 2 rings (SSSR count). The molecule has 0 aliphatic carbocycles. The van der Waals surface area contributed by atoms with E-state index in [1.54, 1.807) is 17.8 Å². The predicted octanol–water partition coefficient (Wildman–Crippen LogP) is 3.10. The molecule has 2 aromatic rings. The summed E-state index contributed by atoms with van der Waals surface area (Å²) in [5.74, 6) is 1.12. The van der Waals surface area contributed by atoms with E-state index >= 15 is 0 Å². The van der Waals surface area contributed by atoms with Gasteiger partial charge in [-0.2, -0.15) is 16.7 Å². The normalized spacial score (nSPS) is 11.1. The van der Waals surface area contributed by atoms with Crippen molar-refractivity contribution < 1.29 is 8.91 Å². The molecule has 6 heteroatoms. The van der Waals surface area contributed by atoms with E-state index in [2.05, 4.69) is 24.0 Å². The topological polar surface area (TPSA) is 64.9 Å². The van der Waals surface area contributed by atoms with Crippen LogP contribution in [-0.4, -0.2) is 15.4 Å². The maximum absolute atomic E-state index is 13.3. The Hall–Kier alpha value is -1.56. The maximum atomic E-state index is 13.3. The summed E-state index contributed by atoms with van der Waals surface area (Å²) in [6.45, 7) is 4.20. The average Bonchev–Trinajstić information content (AvgIpc) is 2.79. The van der Waals surface area contributed by atoms with Crippen molar-refractivity contribution in [3.63, 3.8) is 0 Å². The van der Waals surface area contributed by atoms with Gasteiger partial charge in [0.2, 0.25) is 0 Å². The number of halogens is 1. The Morgan fingerprint density at radius 1 is 1.44 bits per heavy atom. The quantitative estimate of drug-likeness (QED) is 0.862. The van der Waals surface area contributed by atoms with Crippen molar-refractivity contribution in [1.29, 1.82) is 0 Å². The molecular formula is C12H14FN3OS. The number of hydrogen-bond donors (Lipinski definition) is 1. The fourth-order valence-corrected chi connectivity index (χ4v) is 1.93. The van der Waals surface area contributed by atoms with Gasteiger partial charge in [0.05, 0.1) is 11.4 Å². The molecule has 96 valence electrons. The third-order valence-electron chi connectivity index (χ3n) is 2.26. The van der Waals surface area contributed by atoms with Crippen LogP contribution in [0.5, 0.6) is 0 Å². The Morgan fingerprint density at radius 3 is 2.89 bits per heavy atom. The lowest BCUT2D eigenvalue weighted by molar-refractivity contribution is 0.425. The molecule has 1 heterocycles. The highest BCUT2D eigenvalue weighted by atomic mass is 32.2. The molecule has 1 aromatic carbocycles. The summed E-state index contributed by atoms with van der Waals surface area (Å²) in [4.78, 5) is 4.22. The van der Waals surface area contributed by atoms with E-state index in [9.17, 15) is 4.39 Å². The third-order valence-corrected chi connectivity index (χ3v) is 3.35. The summed E-state index contributed by atoms with van der Waals surface area (Å²) < 4.78 is 18.4. The molecule has 18 heavy (non-hydrogen) atoms. The molecule has 0 fully saturated rings. The van der Waals surface area contributed by atoms with E-state index in [1.165, 1.54) is 12.1 Å². The van der Waals surface area contributed by atoms with Crippen molar-refractivity contribution in [3.8, 4) is 11.5 Å². The van der Waals surface area contributed by atoms with E-state index in [4.69, 9.17) is 10.3 Å². The van der Waals surface area contributed by atoms with Gasteiger partial charge in [0.25, 0.3) is 5.89 Å². The fraction of sp³-hybridized carbons (Fsp3) is 0.333. The molecule has 0 radical (unpaired) electrons. The number of nitrogen functional groups attached to an aromatic ring is 1. The van der Waals surface area contributed by atoms with Crippen LogP contribution in [0.15, 0.2) is 22.7 Å². The summed E-state index contributed by atoms with van der Waals surface area (Å²) in [6.07, 6.45) is 0. The first-order chi connectivity index (χ1) is 8.56. The highest BCUT2D eigenvalue weighted by Crippen LogP contribution is 2.23. The van der Waals surface area contributed by atoms with Gasteiger partial charge in [-0.3, -0.25) is 0 Å². The summed E-state index contributed by atoms with van der Waals surface area (Å²) in [6, 6.07) is 4.44. The van der Waals surface area contributed by atoms with E-state index < -0.39 is 5.82 Å². The molecule has 0 saturated heterocycles. The molecule has 0 atom stereocenters. The maximum Gasteiger partial charge on any atom is 0.258 e. The minimum Gasteiger partial charge on any atom is -0.396 e. The SMILES string of the molecule is CC(C)SCc1noc(-c2ccc(N)c(F)c2)n1. The van der Waals surface area contributed by atoms with Crippen molar-refractivity contribution >= 4 is 17.4 Å². The van der Waals surface area contributed by atoms with Crippen molar-refractivity contribution in [2.45, 2.75) is 24.9 Å². The van der Waals surface area contributed by atoms with Crippen LogP contribution in [0.4, 0.5) is 10.1 Å². The Morgan fingerprint density at radius 2 is 2.22 bits per heavy atom. The van der Waals surface area contributed by atoms with Crippen molar-refractivity contribution in [2.75, 3.05) is 5.73 Å². The van der Waals surface area contributed by atoms with Gasteiger partial charge >= 0.3 is 0 Å². The lowest BCUT2D eigenvalue weighted by Gasteiger charge is -1.99. The first kappa shape index (κ1) is 12.9. The van der Waals surface area contributed by atoms with Gasteiger partial charge < -0.3 is 10.3 Å². The van der Waals surface area contributed by atoms with Crippen molar-refractivity contribution in [3.05, 3.63) is 29.8 Å². The van der Waals surface area contributed by atoms with E-state index in [-0.39, 0.29) is 5.69 Å². The van der Waals surface area contributed by atoms with Crippen LogP contribution < -0.4 is 5.73 Å². The number of rotatable bonds is 4. The molecule has 0 amide bonds. The smallest absolute Gasteiger partial charge is 0.258 e. The van der Waals surface area contributed by atoms with Crippen molar-refractivity contribution in [2.24, 2.45) is 0 Å². The largest absolute Gasteiger partial charge is 0.396 e. The molecule has 2 N–H and O–H groups in total. The van der Waals surface area contributed by atoms with Gasteiger partial charge in [0, 0.05) is 5.56 Å². The number of hydrogen-bond acceptors (Lipinski definition) is 5. The molecule has 4 nitrogen and oxygen atoms in total. The monoisotopic (exact) mass is 267 g/mol. The standard InChI is InChI=1S/C12H14FN3OS/c1-7(2)18-6-11-15-12(17-16-11)8-3-4-10(14)9(13)5-8/h3-5,7H,6,14H2,1-2H3. The first-order valence-corrected chi connectivity index (χ1v) is 6.60. The zero-order valence-electron chi connectivity index (χ0n) is 10.2. The number of anilines is 1. The second kappa shape index (κ2) is 5.39. The highest BCUT2D eigenvalue weighted by molar-refractivity contribution is 7.99. The molecule has 1 aromatic heterocycles. The fourth-order valence-electron chi connectivity index (χ4n) is 1.33. The van der Waals surface area contributed by atoms with E-state index in [1.807, 2.05) is 0 Å². The van der Waals surface area contributed by atoms with Gasteiger partial charge in [-0.15, -0.1) is 0 Å². The summed E-state index contributed by atoms with van der Waals surface area (Å²) in [5.41, 5.74) is 6.05. The Bertz CT molecular complexity index is 542. The van der Waals surface area contributed by atoms with Crippen LogP contribution in [0.25, 0.3) is 11.5 Å². The molecular weight excluding hydrogens is 253 g/mol. The number of thioether (sulfide) groups is 1. The number of aromatic nitrogens is 2. The average molecular weight is 267 g/mol.